The van der Waals surface area contributed by atoms with E-state index in [0.717, 1.165) is 4.77 Å². The molecule has 0 radical (unpaired) electrons. The van der Waals surface area contributed by atoms with E-state index in [1.165, 1.54) is 15.9 Å². The van der Waals surface area contributed by atoms with Crippen molar-refractivity contribution >= 4 is 34.8 Å². The highest BCUT2D eigenvalue weighted by Gasteiger charge is 2.48. The van der Waals surface area contributed by atoms with Gasteiger partial charge in [0.2, 0.25) is 0 Å². The van der Waals surface area contributed by atoms with Gasteiger partial charge in [0.05, 0.1) is 0 Å². The summed E-state index contributed by atoms with van der Waals surface area (Å²) in [6.45, 7) is 2.02. The lowest BCUT2D eigenvalue weighted by molar-refractivity contribution is 1.70. The van der Waals surface area contributed by atoms with Crippen LogP contribution in [-0.2, 0) is 0 Å². The van der Waals surface area contributed by atoms with E-state index in [0.29, 0.717) is 0 Å². The molecule has 0 bridgehead atoms. The Bertz CT molecular complexity index is 683. The van der Waals surface area contributed by atoms with E-state index in [9.17, 15) is 0 Å². The van der Waals surface area contributed by atoms with Crippen LogP contribution in [0.1, 0.15) is 6.92 Å². The highest BCUT2D eigenvalue weighted by Crippen LogP contribution is 2.63. The minimum absolute atomic E-state index is 0.918. The SMILES string of the molecule is CC=C(Cl)[P+](c1ccccc1)(c1ccccc1)c1ccccc1. The minimum Gasteiger partial charge on any atom is -0.0620 e. The zero-order valence-electron chi connectivity index (χ0n) is 13.1. The highest BCUT2D eigenvalue weighted by molar-refractivity contribution is 8.00. The van der Waals surface area contributed by atoms with Gasteiger partial charge in [-0.05, 0) is 61.0 Å². The summed E-state index contributed by atoms with van der Waals surface area (Å²) in [6, 6.07) is 31.9. The van der Waals surface area contributed by atoms with Crippen LogP contribution in [0.4, 0.5) is 0 Å². The van der Waals surface area contributed by atoms with Crippen molar-refractivity contribution in [3.8, 4) is 0 Å². The molecular weight excluding hydrogens is 319 g/mol. The molecule has 0 unspecified atom stereocenters. The molecule has 23 heavy (non-hydrogen) atoms. The first kappa shape index (κ1) is 16.0. The zero-order valence-corrected chi connectivity index (χ0v) is 14.7. The number of hydrogen-bond donors (Lipinski definition) is 0. The second-order valence-corrected chi connectivity index (χ2v) is 9.33. The largest absolute Gasteiger partial charge is 0.170 e. The summed E-state index contributed by atoms with van der Waals surface area (Å²) < 4.78 is 0.918. The van der Waals surface area contributed by atoms with Gasteiger partial charge in [-0.25, -0.2) is 0 Å². The Morgan fingerprint density at radius 2 is 0.957 bits per heavy atom. The summed E-state index contributed by atoms with van der Waals surface area (Å²) in [4.78, 5) is 0. The first-order chi connectivity index (χ1) is 11.3. The molecule has 3 aromatic rings. The normalized spacial score (nSPS) is 12.2. The molecule has 0 aliphatic carbocycles. The van der Waals surface area contributed by atoms with Crippen molar-refractivity contribution in [3.63, 3.8) is 0 Å². The van der Waals surface area contributed by atoms with Crippen LogP contribution in [0.25, 0.3) is 0 Å². The lowest BCUT2D eigenvalue weighted by Crippen LogP contribution is -2.31. The lowest BCUT2D eigenvalue weighted by Gasteiger charge is -2.26. The molecule has 0 amide bonds. The van der Waals surface area contributed by atoms with Crippen LogP contribution in [-0.4, -0.2) is 0 Å². The molecule has 0 saturated carbocycles. The summed E-state index contributed by atoms with van der Waals surface area (Å²) in [7, 11) is -2.02. The number of benzene rings is 3. The van der Waals surface area contributed by atoms with E-state index in [1.807, 2.05) is 13.0 Å². The summed E-state index contributed by atoms with van der Waals surface area (Å²) in [5.74, 6) is 0. The fraction of sp³-hybridized carbons (Fsp3) is 0.0476. The monoisotopic (exact) mass is 337 g/mol. The molecule has 0 aromatic heterocycles. The van der Waals surface area contributed by atoms with Crippen LogP contribution in [0, 0.1) is 0 Å². The predicted octanol–water partition coefficient (Wildman–Crippen LogP) is 5.08. The molecule has 0 heterocycles. The number of hydrogen-bond acceptors (Lipinski definition) is 0. The molecule has 0 saturated heterocycles. The Balaban J connectivity index is 2.41. The van der Waals surface area contributed by atoms with E-state index in [-0.39, 0.29) is 0 Å². The Kier molecular flexibility index (Phi) is 4.96. The number of allylic oxidation sites excluding steroid dienone is 1. The van der Waals surface area contributed by atoms with Gasteiger partial charge in [-0.1, -0.05) is 54.6 Å². The third-order valence-corrected chi connectivity index (χ3v) is 9.09. The third kappa shape index (κ3) is 2.85. The van der Waals surface area contributed by atoms with Gasteiger partial charge in [0, 0.05) is 0 Å². The number of rotatable bonds is 4. The maximum Gasteiger partial charge on any atom is 0.170 e. The van der Waals surface area contributed by atoms with Crippen molar-refractivity contribution in [1.82, 2.24) is 0 Å². The van der Waals surface area contributed by atoms with E-state index < -0.39 is 7.26 Å². The van der Waals surface area contributed by atoms with E-state index in [2.05, 4.69) is 91.0 Å². The fourth-order valence-electron chi connectivity index (χ4n) is 2.97. The van der Waals surface area contributed by atoms with Crippen LogP contribution in [0.15, 0.2) is 102 Å². The van der Waals surface area contributed by atoms with Crippen molar-refractivity contribution in [2.24, 2.45) is 0 Å². The van der Waals surface area contributed by atoms with Crippen molar-refractivity contribution in [3.05, 3.63) is 102 Å². The van der Waals surface area contributed by atoms with E-state index >= 15 is 0 Å². The topological polar surface area (TPSA) is 0 Å². The van der Waals surface area contributed by atoms with Gasteiger partial charge in [0.25, 0.3) is 0 Å². The maximum absolute atomic E-state index is 6.90. The maximum atomic E-state index is 6.90. The second-order valence-electron chi connectivity index (χ2n) is 5.29. The van der Waals surface area contributed by atoms with Crippen LogP contribution >= 0.6 is 18.9 Å². The molecule has 0 fully saturated rings. The quantitative estimate of drug-likeness (QED) is 0.582. The van der Waals surface area contributed by atoms with Crippen LogP contribution < -0.4 is 15.9 Å². The molecule has 0 nitrogen and oxygen atoms in total. The van der Waals surface area contributed by atoms with Gasteiger partial charge in [-0.15, -0.1) is 0 Å². The first-order valence-electron chi connectivity index (χ1n) is 7.68. The molecule has 0 aliphatic rings. The average molecular weight is 338 g/mol. The third-order valence-electron chi connectivity index (χ3n) is 3.99. The van der Waals surface area contributed by atoms with Gasteiger partial charge in [0.15, 0.2) is 12.0 Å². The summed E-state index contributed by atoms with van der Waals surface area (Å²) in [5.41, 5.74) is 0. The smallest absolute Gasteiger partial charge is 0.0620 e. The van der Waals surface area contributed by atoms with Crippen molar-refractivity contribution in [2.75, 3.05) is 0 Å². The van der Waals surface area contributed by atoms with Crippen LogP contribution in [0.5, 0.6) is 0 Å². The Hall–Kier alpha value is -1.88. The minimum atomic E-state index is -2.02. The summed E-state index contributed by atoms with van der Waals surface area (Å²) in [5, 5.41) is 3.83. The Labute approximate surface area is 143 Å². The second kappa shape index (κ2) is 7.13. The van der Waals surface area contributed by atoms with Gasteiger partial charge in [-0.2, -0.15) is 0 Å². The zero-order chi connectivity index (χ0) is 16.1. The van der Waals surface area contributed by atoms with Crippen molar-refractivity contribution < 1.29 is 0 Å². The molecule has 0 spiro atoms. The molecule has 3 rings (SSSR count). The lowest BCUT2D eigenvalue weighted by atomic mass is 10.4. The van der Waals surface area contributed by atoms with Gasteiger partial charge in [-0.3, -0.25) is 0 Å². The molecular formula is C21H19ClP+. The standard InChI is InChI=1S/C21H19ClP/c1-2-21(22)23(18-12-6-3-7-13-18,19-14-8-4-9-15-19)20-16-10-5-11-17-20/h2-17H,1H3/q+1. The predicted molar refractivity (Wildman–Crippen MR) is 105 cm³/mol. The van der Waals surface area contributed by atoms with Crippen LogP contribution in [0.3, 0.4) is 0 Å². The highest BCUT2D eigenvalue weighted by atomic mass is 35.5. The van der Waals surface area contributed by atoms with Gasteiger partial charge >= 0.3 is 0 Å². The molecule has 0 atom stereocenters. The van der Waals surface area contributed by atoms with Gasteiger partial charge < -0.3 is 0 Å². The van der Waals surface area contributed by atoms with Crippen molar-refractivity contribution in [1.29, 1.82) is 0 Å². The Morgan fingerprint density at radius 1 is 0.652 bits per heavy atom. The molecule has 0 N–H and O–H groups in total. The Morgan fingerprint density at radius 3 is 1.22 bits per heavy atom. The molecule has 114 valence electrons. The summed E-state index contributed by atoms with van der Waals surface area (Å²) >= 11 is 6.90. The van der Waals surface area contributed by atoms with Gasteiger partial charge in [0.1, 0.15) is 15.9 Å². The van der Waals surface area contributed by atoms with E-state index in [1.54, 1.807) is 0 Å². The number of halogens is 1. The summed E-state index contributed by atoms with van der Waals surface area (Å²) in [6.07, 6.45) is 2.04. The first-order valence-corrected chi connectivity index (χ1v) is 9.85. The van der Waals surface area contributed by atoms with Crippen molar-refractivity contribution in [2.45, 2.75) is 6.92 Å². The molecule has 3 aromatic carbocycles. The average Bonchev–Trinajstić information content (AvgIpc) is 2.65. The molecule has 0 aliphatic heterocycles. The van der Waals surface area contributed by atoms with Crippen LogP contribution in [0.2, 0.25) is 0 Å². The van der Waals surface area contributed by atoms with E-state index in [4.69, 9.17) is 11.6 Å². The molecule has 2 heteroatoms. The fourth-order valence-corrected chi connectivity index (χ4v) is 7.72.